The van der Waals surface area contributed by atoms with Crippen molar-refractivity contribution in [3.8, 4) is 0 Å². The maximum absolute atomic E-state index is 11.8. The van der Waals surface area contributed by atoms with E-state index < -0.39 is 0 Å². The molecule has 0 aliphatic carbocycles. The highest BCUT2D eigenvalue weighted by molar-refractivity contribution is 9.09. The molecule has 1 atom stereocenters. The summed E-state index contributed by atoms with van der Waals surface area (Å²) in [5.41, 5.74) is 1.10. The third-order valence-electron chi connectivity index (χ3n) is 2.38. The topological polar surface area (TPSA) is 41.5 Å². The van der Waals surface area contributed by atoms with Gasteiger partial charge in [0.05, 0.1) is 6.54 Å². The Balaban J connectivity index is 1.83. The minimum absolute atomic E-state index is 0.0673. The van der Waals surface area contributed by atoms with Crippen LogP contribution in [0.15, 0.2) is 35.3 Å². The highest BCUT2D eigenvalue weighted by Gasteiger charge is 2.23. The van der Waals surface area contributed by atoms with Gasteiger partial charge in [0.25, 0.3) is 5.91 Å². The molecule has 1 aliphatic rings. The van der Waals surface area contributed by atoms with Crippen molar-refractivity contribution in [3.63, 3.8) is 0 Å². The fourth-order valence-corrected chi connectivity index (χ4v) is 2.93. The molecule has 1 N–H and O–H groups in total. The number of hydrogen-bond acceptors (Lipinski definition) is 3. The lowest BCUT2D eigenvalue weighted by molar-refractivity contribution is -0.114. The summed E-state index contributed by atoms with van der Waals surface area (Å²) < 4.78 is 0. The fourth-order valence-electron chi connectivity index (χ4n) is 1.48. The Kier molecular flexibility index (Phi) is 4.62. The second kappa shape index (κ2) is 6.21. The zero-order chi connectivity index (χ0) is 12.1. The summed E-state index contributed by atoms with van der Waals surface area (Å²) in [5, 5.41) is 4.75. The molecule has 0 aromatic heterocycles. The first-order valence-corrected chi connectivity index (χ1v) is 7.39. The second-order valence-electron chi connectivity index (χ2n) is 3.71. The predicted molar refractivity (Wildman–Crippen MR) is 75.8 cm³/mol. The van der Waals surface area contributed by atoms with Crippen LogP contribution in [0.3, 0.4) is 0 Å². The number of rotatable bonds is 4. The van der Waals surface area contributed by atoms with Gasteiger partial charge in [0, 0.05) is 17.1 Å². The van der Waals surface area contributed by atoms with Gasteiger partial charge in [0.15, 0.2) is 5.04 Å². The van der Waals surface area contributed by atoms with E-state index in [4.69, 9.17) is 0 Å². The summed E-state index contributed by atoms with van der Waals surface area (Å²) >= 11 is 4.95. The van der Waals surface area contributed by atoms with E-state index >= 15 is 0 Å². The number of nitrogens with zero attached hydrogens (tertiary/aromatic N) is 1. The standard InChI is InChI=1S/C12H13BrN2OS/c13-6-10-8-15-12(17-10)11(16)14-7-9-4-2-1-3-5-9/h1-5,10H,6-8H2,(H,14,16)/t10-/m0/s1. The summed E-state index contributed by atoms with van der Waals surface area (Å²) in [6, 6.07) is 9.87. The van der Waals surface area contributed by atoms with Crippen molar-refractivity contribution in [2.75, 3.05) is 11.9 Å². The molecule has 1 aromatic carbocycles. The van der Waals surface area contributed by atoms with Gasteiger partial charge in [-0.1, -0.05) is 58.0 Å². The Bertz CT molecular complexity index is 422. The van der Waals surface area contributed by atoms with Gasteiger partial charge in [-0.3, -0.25) is 9.79 Å². The number of halogens is 1. The number of hydrogen-bond donors (Lipinski definition) is 1. The van der Waals surface area contributed by atoms with Gasteiger partial charge < -0.3 is 5.32 Å². The molecule has 0 radical (unpaired) electrons. The zero-order valence-corrected chi connectivity index (χ0v) is 11.6. The summed E-state index contributed by atoms with van der Waals surface area (Å²) in [6.07, 6.45) is 0. The van der Waals surface area contributed by atoms with Crippen LogP contribution >= 0.6 is 27.7 Å². The smallest absolute Gasteiger partial charge is 0.276 e. The van der Waals surface area contributed by atoms with Crippen molar-refractivity contribution >= 4 is 38.6 Å². The maximum Gasteiger partial charge on any atom is 0.276 e. The second-order valence-corrected chi connectivity index (χ2v) is 5.64. The van der Waals surface area contributed by atoms with E-state index in [0.717, 1.165) is 17.4 Å². The molecule has 0 fully saturated rings. The molecular weight excluding hydrogens is 300 g/mol. The molecule has 0 bridgehead atoms. The van der Waals surface area contributed by atoms with Crippen LogP contribution in [0.4, 0.5) is 0 Å². The summed E-state index contributed by atoms with van der Waals surface area (Å²) in [7, 11) is 0. The first kappa shape index (κ1) is 12.6. The molecule has 1 aromatic rings. The molecule has 2 rings (SSSR count). The lowest BCUT2D eigenvalue weighted by atomic mass is 10.2. The molecule has 1 heterocycles. The number of nitrogens with one attached hydrogen (secondary N) is 1. The van der Waals surface area contributed by atoms with Gasteiger partial charge in [-0.2, -0.15) is 0 Å². The third kappa shape index (κ3) is 3.57. The van der Waals surface area contributed by atoms with Gasteiger partial charge in [-0.25, -0.2) is 0 Å². The van der Waals surface area contributed by atoms with Crippen LogP contribution < -0.4 is 5.32 Å². The fraction of sp³-hybridized carbons (Fsp3) is 0.333. The van der Waals surface area contributed by atoms with Crippen molar-refractivity contribution in [3.05, 3.63) is 35.9 Å². The third-order valence-corrected chi connectivity index (χ3v) is 4.78. The highest BCUT2D eigenvalue weighted by Crippen LogP contribution is 2.22. The minimum Gasteiger partial charge on any atom is -0.346 e. The number of benzene rings is 1. The molecule has 0 unspecified atom stereocenters. The normalized spacial score (nSPS) is 18.9. The van der Waals surface area contributed by atoms with Gasteiger partial charge in [-0.15, -0.1) is 0 Å². The SMILES string of the molecule is O=C(NCc1ccccc1)C1=NC[C@H](CBr)S1. The molecule has 5 heteroatoms. The number of amides is 1. The number of carbonyl (C=O) groups is 1. The number of aliphatic imine (C=N–C) groups is 1. The van der Waals surface area contributed by atoms with Crippen LogP contribution in [-0.4, -0.2) is 28.1 Å². The van der Waals surface area contributed by atoms with Crippen LogP contribution in [0.25, 0.3) is 0 Å². The van der Waals surface area contributed by atoms with Gasteiger partial charge in [-0.05, 0) is 5.56 Å². The lowest BCUT2D eigenvalue weighted by Crippen LogP contribution is -2.28. The van der Waals surface area contributed by atoms with Crippen molar-refractivity contribution in [1.29, 1.82) is 0 Å². The van der Waals surface area contributed by atoms with E-state index in [2.05, 4.69) is 26.2 Å². The Morgan fingerprint density at radius 3 is 2.88 bits per heavy atom. The molecule has 90 valence electrons. The molecule has 1 aliphatic heterocycles. The van der Waals surface area contributed by atoms with Gasteiger partial charge >= 0.3 is 0 Å². The number of carbonyl (C=O) groups excluding carboxylic acids is 1. The molecule has 17 heavy (non-hydrogen) atoms. The van der Waals surface area contributed by atoms with E-state index in [1.165, 1.54) is 0 Å². The first-order valence-electron chi connectivity index (χ1n) is 5.39. The maximum atomic E-state index is 11.8. The Morgan fingerprint density at radius 1 is 1.47 bits per heavy atom. The number of alkyl halides is 1. The Hall–Kier alpha value is -0.810. The molecular formula is C12H13BrN2OS. The van der Waals surface area contributed by atoms with E-state index in [1.807, 2.05) is 30.3 Å². The first-order chi connectivity index (χ1) is 8.29. The molecule has 1 amide bonds. The van der Waals surface area contributed by atoms with Crippen LogP contribution in [-0.2, 0) is 11.3 Å². The van der Waals surface area contributed by atoms with Crippen LogP contribution in [0.5, 0.6) is 0 Å². The highest BCUT2D eigenvalue weighted by atomic mass is 79.9. The molecule has 0 saturated carbocycles. The summed E-state index contributed by atoms with van der Waals surface area (Å²) in [4.78, 5) is 16.0. The van der Waals surface area contributed by atoms with Crippen molar-refractivity contribution in [1.82, 2.24) is 5.32 Å². The van der Waals surface area contributed by atoms with E-state index in [0.29, 0.717) is 16.8 Å². The summed E-state index contributed by atoms with van der Waals surface area (Å²) in [5.74, 6) is -0.0673. The quantitative estimate of drug-likeness (QED) is 0.866. The molecule has 0 spiro atoms. The van der Waals surface area contributed by atoms with E-state index in [1.54, 1.807) is 11.8 Å². The zero-order valence-electron chi connectivity index (χ0n) is 9.23. The van der Waals surface area contributed by atoms with Crippen LogP contribution in [0.1, 0.15) is 5.56 Å². The lowest BCUT2D eigenvalue weighted by Gasteiger charge is -2.05. The van der Waals surface area contributed by atoms with E-state index in [9.17, 15) is 4.79 Å². The van der Waals surface area contributed by atoms with Crippen molar-refractivity contribution < 1.29 is 4.79 Å². The molecule has 0 saturated heterocycles. The largest absolute Gasteiger partial charge is 0.346 e. The molecule has 3 nitrogen and oxygen atoms in total. The van der Waals surface area contributed by atoms with Crippen molar-refractivity contribution in [2.45, 2.75) is 11.8 Å². The monoisotopic (exact) mass is 312 g/mol. The van der Waals surface area contributed by atoms with Gasteiger partial charge in [0.1, 0.15) is 0 Å². The van der Waals surface area contributed by atoms with Crippen LogP contribution in [0.2, 0.25) is 0 Å². The Labute approximate surface area is 113 Å². The Morgan fingerprint density at radius 2 is 2.24 bits per heavy atom. The predicted octanol–water partition coefficient (Wildman–Crippen LogP) is 2.21. The average Bonchev–Trinajstić information content (AvgIpc) is 2.86. The van der Waals surface area contributed by atoms with Crippen molar-refractivity contribution in [2.24, 2.45) is 4.99 Å². The summed E-state index contributed by atoms with van der Waals surface area (Å²) in [6.45, 7) is 1.28. The average molecular weight is 313 g/mol. The van der Waals surface area contributed by atoms with Crippen LogP contribution in [0, 0.1) is 0 Å². The van der Waals surface area contributed by atoms with Gasteiger partial charge in [0.2, 0.25) is 0 Å². The minimum atomic E-state index is -0.0673. The van der Waals surface area contributed by atoms with E-state index in [-0.39, 0.29) is 5.91 Å². The number of thioether (sulfide) groups is 1.